The van der Waals surface area contributed by atoms with Crippen LogP contribution in [0.15, 0.2) is 24.3 Å². The van der Waals surface area contributed by atoms with Gasteiger partial charge in [-0.1, -0.05) is 24.3 Å². The van der Waals surface area contributed by atoms with E-state index in [1.807, 2.05) is 24.3 Å². The molecular weight excluding hydrogens is 264 g/mol. The van der Waals surface area contributed by atoms with E-state index in [2.05, 4.69) is 29.2 Å². The fraction of sp³-hybridized carbons (Fsp3) is 0.562. The van der Waals surface area contributed by atoms with Gasteiger partial charge in [0.1, 0.15) is 0 Å². The second kappa shape index (κ2) is 7.54. The van der Waals surface area contributed by atoms with Gasteiger partial charge < -0.3 is 16.0 Å². The molecule has 1 aliphatic rings. The van der Waals surface area contributed by atoms with E-state index in [0.717, 1.165) is 30.8 Å². The van der Waals surface area contributed by atoms with Crippen molar-refractivity contribution in [3.63, 3.8) is 0 Å². The van der Waals surface area contributed by atoms with Crippen molar-refractivity contribution in [2.75, 3.05) is 40.3 Å². The molecule has 5 heteroatoms. The zero-order chi connectivity index (χ0) is 15.2. The highest BCUT2D eigenvalue weighted by Gasteiger charge is 2.22. The van der Waals surface area contributed by atoms with E-state index in [1.54, 1.807) is 0 Å². The molecule has 1 fully saturated rings. The Kier molecular flexibility index (Phi) is 5.73. The molecule has 0 aliphatic carbocycles. The van der Waals surface area contributed by atoms with Gasteiger partial charge in [0.25, 0.3) is 0 Å². The van der Waals surface area contributed by atoms with E-state index in [1.165, 1.54) is 0 Å². The van der Waals surface area contributed by atoms with Crippen molar-refractivity contribution in [3.05, 3.63) is 35.4 Å². The van der Waals surface area contributed by atoms with Crippen molar-refractivity contribution in [2.45, 2.75) is 19.0 Å². The van der Waals surface area contributed by atoms with Gasteiger partial charge >= 0.3 is 0 Å². The van der Waals surface area contributed by atoms with Crippen molar-refractivity contribution in [3.8, 4) is 0 Å². The van der Waals surface area contributed by atoms with E-state index in [-0.39, 0.29) is 5.91 Å². The summed E-state index contributed by atoms with van der Waals surface area (Å²) in [6.07, 6.45) is 0.428. The Balaban J connectivity index is 1.78. The Morgan fingerprint density at radius 1 is 1.24 bits per heavy atom. The molecule has 1 atom stereocenters. The smallest absolute Gasteiger partial charge is 0.224 e. The molecule has 2 rings (SSSR count). The van der Waals surface area contributed by atoms with Crippen LogP contribution in [0.5, 0.6) is 0 Å². The molecule has 116 valence electrons. The Bertz CT molecular complexity index is 460. The molecule has 1 aliphatic heterocycles. The standard InChI is InChI=1S/C16H26N4O/c1-19-7-8-20(2)15(12-19)11-18-16(21)9-13-3-5-14(10-17)6-4-13/h3-6,15H,7-12,17H2,1-2H3,(H,18,21). The number of hydrogen-bond acceptors (Lipinski definition) is 4. The van der Waals surface area contributed by atoms with Crippen LogP contribution >= 0.6 is 0 Å². The van der Waals surface area contributed by atoms with E-state index >= 15 is 0 Å². The lowest BCUT2D eigenvalue weighted by atomic mass is 10.1. The minimum absolute atomic E-state index is 0.0807. The first kappa shape index (κ1) is 15.9. The highest BCUT2D eigenvalue weighted by molar-refractivity contribution is 5.78. The van der Waals surface area contributed by atoms with Crippen LogP contribution in [-0.4, -0.2) is 62.0 Å². The summed E-state index contributed by atoms with van der Waals surface area (Å²) in [5, 5.41) is 3.05. The van der Waals surface area contributed by atoms with Gasteiger partial charge in [0.05, 0.1) is 6.42 Å². The van der Waals surface area contributed by atoms with E-state index in [0.29, 0.717) is 25.6 Å². The van der Waals surface area contributed by atoms with Gasteiger partial charge in [-0.15, -0.1) is 0 Å². The molecule has 1 aromatic carbocycles. The quantitative estimate of drug-likeness (QED) is 0.804. The number of carbonyl (C=O) groups is 1. The number of hydrogen-bond donors (Lipinski definition) is 2. The van der Waals surface area contributed by atoms with Crippen LogP contribution in [0.3, 0.4) is 0 Å². The monoisotopic (exact) mass is 290 g/mol. The maximum atomic E-state index is 12.0. The average molecular weight is 290 g/mol. The van der Waals surface area contributed by atoms with E-state index < -0.39 is 0 Å². The lowest BCUT2D eigenvalue weighted by Crippen LogP contribution is -2.54. The molecule has 21 heavy (non-hydrogen) atoms. The van der Waals surface area contributed by atoms with Crippen LogP contribution in [-0.2, 0) is 17.8 Å². The van der Waals surface area contributed by atoms with Gasteiger partial charge in [0.15, 0.2) is 0 Å². The number of amides is 1. The molecule has 1 aromatic rings. The second-order valence-electron chi connectivity index (χ2n) is 5.90. The lowest BCUT2D eigenvalue weighted by molar-refractivity contribution is -0.120. The first-order valence-corrected chi connectivity index (χ1v) is 7.52. The molecule has 1 heterocycles. The predicted molar refractivity (Wildman–Crippen MR) is 85.0 cm³/mol. The second-order valence-corrected chi connectivity index (χ2v) is 5.90. The average Bonchev–Trinajstić information content (AvgIpc) is 2.49. The fourth-order valence-electron chi connectivity index (χ4n) is 2.59. The number of nitrogens with one attached hydrogen (secondary N) is 1. The predicted octanol–water partition coefficient (Wildman–Crippen LogP) is 0.0498. The molecule has 0 saturated carbocycles. The van der Waals surface area contributed by atoms with Gasteiger partial charge in [-0.3, -0.25) is 9.69 Å². The molecule has 3 N–H and O–H groups in total. The SMILES string of the molecule is CN1CCN(C)C(CNC(=O)Cc2ccc(CN)cc2)C1. The van der Waals surface area contributed by atoms with E-state index in [9.17, 15) is 4.79 Å². The van der Waals surface area contributed by atoms with Gasteiger partial charge in [0, 0.05) is 38.8 Å². The zero-order valence-corrected chi connectivity index (χ0v) is 13.0. The molecular formula is C16H26N4O. The molecule has 0 radical (unpaired) electrons. The number of benzene rings is 1. The summed E-state index contributed by atoms with van der Waals surface area (Å²) in [7, 11) is 4.25. The van der Waals surface area contributed by atoms with Gasteiger partial charge in [-0.05, 0) is 25.2 Å². The van der Waals surface area contributed by atoms with Crippen molar-refractivity contribution in [2.24, 2.45) is 5.73 Å². The number of carbonyl (C=O) groups excluding carboxylic acids is 1. The molecule has 0 spiro atoms. The Morgan fingerprint density at radius 3 is 2.57 bits per heavy atom. The number of nitrogens with two attached hydrogens (primary N) is 1. The first-order valence-electron chi connectivity index (χ1n) is 7.52. The van der Waals surface area contributed by atoms with Gasteiger partial charge in [-0.25, -0.2) is 0 Å². The van der Waals surface area contributed by atoms with Crippen molar-refractivity contribution >= 4 is 5.91 Å². The van der Waals surface area contributed by atoms with Crippen LogP contribution in [0.25, 0.3) is 0 Å². The number of nitrogens with zero attached hydrogens (tertiary/aromatic N) is 2. The van der Waals surface area contributed by atoms with Crippen LogP contribution in [0.2, 0.25) is 0 Å². The summed E-state index contributed by atoms with van der Waals surface area (Å²) in [6, 6.07) is 8.30. The summed E-state index contributed by atoms with van der Waals surface area (Å²) in [5.74, 6) is 0.0807. The maximum Gasteiger partial charge on any atom is 0.224 e. The lowest BCUT2D eigenvalue weighted by Gasteiger charge is -2.37. The normalized spacial score (nSPS) is 20.4. The molecule has 1 amide bonds. The van der Waals surface area contributed by atoms with E-state index in [4.69, 9.17) is 5.73 Å². The van der Waals surface area contributed by atoms with Gasteiger partial charge in [0.2, 0.25) is 5.91 Å². The summed E-state index contributed by atoms with van der Waals surface area (Å²) in [5.41, 5.74) is 7.68. The fourth-order valence-corrected chi connectivity index (χ4v) is 2.59. The summed E-state index contributed by atoms with van der Waals surface area (Å²) >= 11 is 0. The van der Waals surface area contributed by atoms with Crippen molar-refractivity contribution < 1.29 is 4.79 Å². The topological polar surface area (TPSA) is 61.6 Å². The molecule has 0 bridgehead atoms. The third-order valence-electron chi connectivity index (χ3n) is 4.14. The molecule has 0 aromatic heterocycles. The first-order chi connectivity index (χ1) is 10.1. The highest BCUT2D eigenvalue weighted by atomic mass is 16.1. The number of rotatable bonds is 5. The number of likely N-dealkylation sites (N-methyl/N-ethyl adjacent to an activating group) is 2. The summed E-state index contributed by atoms with van der Waals surface area (Å²) < 4.78 is 0. The van der Waals surface area contributed by atoms with Crippen molar-refractivity contribution in [1.29, 1.82) is 0 Å². The maximum absolute atomic E-state index is 12.0. The Labute approximate surface area is 127 Å². The molecule has 1 unspecified atom stereocenters. The summed E-state index contributed by atoms with van der Waals surface area (Å²) in [4.78, 5) is 16.7. The minimum Gasteiger partial charge on any atom is -0.354 e. The Hall–Kier alpha value is -1.43. The van der Waals surface area contributed by atoms with Gasteiger partial charge in [-0.2, -0.15) is 0 Å². The van der Waals surface area contributed by atoms with Crippen molar-refractivity contribution in [1.82, 2.24) is 15.1 Å². The zero-order valence-electron chi connectivity index (χ0n) is 13.0. The third kappa shape index (κ3) is 4.81. The van der Waals surface area contributed by atoms with Crippen LogP contribution < -0.4 is 11.1 Å². The molecule has 5 nitrogen and oxygen atoms in total. The largest absolute Gasteiger partial charge is 0.354 e. The van der Waals surface area contributed by atoms with Crippen LogP contribution in [0.1, 0.15) is 11.1 Å². The highest BCUT2D eigenvalue weighted by Crippen LogP contribution is 2.06. The summed E-state index contributed by atoms with van der Waals surface area (Å²) in [6.45, 7) is 4.39. The minimum atomic E-state index is 0.0807. The molecule has 1 saturated heterocycles. The Morgan fingerprint density at radius 2 is 1.90 bits per heavy atom. The third-order valence-corrected chi connectivity index (χ3v) is 4.14. The van der Waals surface area contributed by atoms with Crippen LogP contribution in [0.4, 0.5) is 0 Å². The number of piperazine rings is 1. The van der Waals surface area contributed by atoms with Crippen LogP contribution in [0, 0.1) is 0 Å².